The zero-order valence-corrected chi connectivity index (χ0v) is 15.3. The van der Waals surface area contributed by atoms with Gasteiger partial charge in [0, 0.05) is 42.9 Å². The van der Waals surface area contributed by atoms with Crippen LogP contribution in [0.25, 0.3) is 22.6 Å². The highest BCUT2D eigenvalue weighted by Crippen LogP contribution is 2.24. The van der Waals surface area contributed by atoms with Crippen LogP contribution in [0.3, 0.4) is 0 Å². The van der Waals surface area contributed by atoms with E-state index in [2.05, 4.69) is 19.9 Å². The number of hydrogen-bond acceptors (Lipinski definition) is 5. The molecular formula is C20H21N5O2. The monoisotopic (exact) mass is 363 g/mol. The van der Waals surface area contributed by atoms with Gasteiger partial charge in [-0.05, 0) is 44.0 Å². The van der Waals surface area contributed by atoms with Crippen molar-refractivity contribution in [2.45, 2.75) is 26.4 Å². The number of imidazole rings is 1. The molecule has 7 nitrogen and oxygen atoms in total. The largest absolute Gasteiger partial charge is 0.391 e. The van der Waals surface area contributed by atoms with E-state index in [0.717, 1.165) is 34.0 Å². The smallest absolute Gasteiger partial charge is 0.255 e. The Morgan fingerprint density at radius 2 is 2.11 bits per heavy atom. The van der Waals surface area contributed by atoms with Crippen molar-refractivity contribution in [3.05, 3.63) is 53.7 Å². The molecule has 4 rings (SSSR count). The first kappa shape index (κ1) is 17.4. The van der Waals surface area contributed by atoms with Gasteiger partial charge in [-0.3, -0.25) is 14.8 Å². The molecule has 1 atom stereocenters. The Morgan fingerprint density at radius 3 is 2.81 bits per heavy atom. The van der Waals surface area contributed by atoms with E-state index in [9.17, 15) is 9.90 Å². The number of nitrogens with zero attached hydrogens (tertiary/aromatic N) is 4. The van der Waals surface area contributed by atoms with E-state index < -0.39 is 6.10 Å². The number of hydrogen-bond donors (Lipinski definition) is 2. The minimum Gasteiger partial charge on any atom is -0.391 e. The molecule has 2 N–H and O–H groups in total. The lowest BCUT2D eigenvalue weighted by molar-refractivity contribution is 0.0764. The number of β-amino-alcohol motifs (C(OH)–C–C–N with tert-alkyl or cyclic N) is 1. The second-order valence-corrected chi connectivity index (χ2v) is 6.88. The van der Waals surface area contributed by atoms with Gasteiger partial charge in [0.2, 0.25) is 0 Å². The molecule has 0 bridgehead atoms. The topological polar surface area (TPSA) is 95.0 Å². The third kappa shape index (κ3) is 3.46. The number of nitrogens with one attached hydrogen (secondary N) is 1. The van der Waals surface area contributed by atoms with Crippen molar-refractivity contribution in [1.29, 1.82) is 0 Å². The third-order valence-corrected chi connectivity index (χ3v) is 4.90. The highest BCUT2D eigenvalue weighted by molar-refractivity contribution is 5.95. The molecule has 3 aromatic rings. The van der Waals surface area contributed by atoms with E-state index in [1.54, 1.807) is 23.5 Å². The molecule has 27 heavy (non-hydrogen) atoms. The van der Waals surface area contributed by atoms with Crippen molar-refractivity contribution in [3.63, 3.8) is 0 Å². The Morgan fingerprint density at radius 1 is 1.26 bits per heavy atom. The molecule has 1 aliphatic heterocycles. The lowest BCUT2D eigenvalue weighted by Gasteiger charge is -2.15. The molecule has 1 fully saturated rings. The molecule has 0 unspecified atom stereocenters. The van der Waals surface area contributed by atoms with Crippen LogP contribution in [0.2, 0.25) is 0 Å². The van der Waals surface area contributed by atoms with Crippen LogP contribution < -0.4 is 0 Å². The molecule has 0 radical (unpaired) electrons. The van der Waals surface area contributed by atoms with Crippen LogP contribution >= 0.6 is 0 Å². The molecule has 1 saturated heterocycles. The molecule has 1 aliphatic rings. The van der Waals surface area contributed by atoms with Crippen LogP contribution in [-0.2, 0) is 0 Å². The molecule has 0 spiro atoms. The van der Waals surface area contributed by atoms with Crippen LogP contribution in [0.5, 0.6) is 0 Å². The number of H-pyrrole nitrogens is 1. The Hall–Kier alpha value is -3.06. The molecule has 1 amide bonds. The lowest BCUT2D eigenvalue weighted by atomic mass is 10.1. The Balaban J connectivity index is 1.64. The zero-order chi connectivity index (χ0) is 19.0. The van der Waals surface area contributed by atoms with Crippen LogP contribution in [0.15, 0.2) is 36.8 Å². The van der Waals surface area contributed by atoms with Gasteiger partial charge in [-0.2, -0.15) is 0 Å². The Bertz CT molecular complexity index is 978. The van der Waals surface area contributed by atoms with Crippen LogP contribution in [0, 0.1) is 13.8 Å². The SMILES string of the molecule is Cc1nc(-c2cc(-c3cncc(C(=O)N4CC[C@H](O)C4)c3)ccn2)[nH]c1C. The number of likely N-dealkylation sites (tertiary alicyclic amines) is 1. The predicted molar refractivity (Wildman–Crippen MR) is 101 cm³/mol. The van der Waals surface area contributed by atoms with Gasteiger partial charge in [0.1, 0.15) is 5.69 Å². The summed E-state index contributed by atoms with van der Waals surface area (Å²) in [5.41, 5.74) is 4.96. The van der Waals surface area contributed by atoms with Crippen molar-refractivity contribution in [1.82, 2.24) is 24.8 Å². The first-order chi connectivity index (χ1) is 13.0. The second kappa shape index (κ2) is 6.92. The molecule has 7 heteroatoms. The number of aliphatic hydroxyl groups is 1. The molecule has 0 aromatic carbocycles. The fourth-order valence-corrected chi connectivity index (χ4v) is 3.23. The fourth-order valence-electron chi connectivity index (χ4n) is 3.23. The fraction of sp³-hybridized carbons (Fsp3) is 0.300. The average Bonchev–Trinajstić information content (AvgIpc) is 3.27. The summed E-state index contributed by atoms with van der Waals surface area (Å²) in [5, 5.41) is 9.66. The molecule has 138 valence electrons. The van der Waals surface area contributed by atoms with Crippen molar-refractivity contribution in [3.8, 4) is 22.6 Å². The number of rotatable bonds is 3. The van der Waals surface area contributed by atoms with Gasteiger partial charge in [0.25, 0.3) is 5.91 Å². The summed E-state index contributed by atoms with van der Waals surface area (Å²) in [6, 6.07) is 5.65. The zero-order valence-electron chi connectivity index (χ0n) is 15.3. The number of amides is 1. The van der Waals surface area contributed by atoms with Crippen LogP contribution in [0.1, 0.15) is 28.2 Å². The van der Waals surface area contributed by atoms with E-state index in [-0.39, 0.29) is 5.91 Å². The standard InChI is InChI=1S/C20H21N5O2/c1-12-13(2)24-19(23-12)18-8-14(3-5-22-18)15-7-16(10-21-9-15)20(27)25-6-4-17(26)11-25/h3,5,7-10,17,26H,4,6,11H2,1-2H3,(H,23,24)/t17-/m0/s1. The van der Waals surface area contributed by atoms with E-state index in [0.29, 0.717) is 25.1 Å². The van der Waals surface area contributed by atoms with Gasteiger partial charge in [0.15, 0.2) is 5.82 Å². The number of pyridine rings is 2. The molecule has 0 aliphatic carbocycles. The predicted octanol–water partition coefficient (Wildman–Crippen LogP) is 2.36. The van der Waals surface area contributed by atoms with Crippen LogP contribution in [0.4, 0.5) is 0 Å². The summed E-state index contributed by atoms with van der Waals surface area (Å²) in [7, 11) is 0. The second-order valence-electron chi connectivity index (χ2n) is 6.88. The summed E-state index contributed by atoms with van der Waals surface area (Å²) in [5.74, 6) is 0.616. The van der Waals surface area contributed by atoms with Crippen molar-refractivity contribution >= 4 is 5.91 Å². The Labute approximate surface area is 157 Å². The Kier molecular flexibility index (Phi) is 4.45. The highest BCUT2D eigenvalue weighted by atomic mass is 16.3. The number of carbonyl (C=O) groups is 1. The van der Waals surface area contributed by atoms with Gasteiger partial charge in [-0.15, -0.1) is 0 Å². The van der Waals surface area contributed by atoms with E-state index >= 15 is 0 Å². The molecule has 4 heterocycles. The first-order valence-corrected chi connectivity index (χ1v) is 8.93. The summed E-state index contributed by atoms with van der Waals surface area (Å²) < 4.78 is 0. The summed E-state index contributed by atoms with van der Waals surface area (Å²) in [6.07, 6.45) is 5.20. The van der Waals surface area contributed by atoms with E-state index in [1.165, 1.54) is 0 Å². The maximum atomic E-state index is 12.7. The average molecular weight is 363 g/mol. The molecule has 3 aromatic heterocycles. The maximum absolute atomic E-state index is 12.7. The first-order valence-electron chi connectivity index (χ1n) is 8.93. The van der Waals surface area contributed by atoms with Crippen LogP contribution in [-0.4, -0.2) is 55.0 Å². The molecular weight excluding hydrogens is 342 g/mol. The number of aromatic nitrogens is 4. The minimum atomic E-state index is -0.437. The quantitative estimate of drug-likeness (QED) is 0.745. The minimum absolute atomic E-state index is 0.104. The van der Waals surface area contributed by atoms with E-state index in [1.807, 2.05) is 32.0 Å². The van der Waals surface area contributed by atoms with Gasteiger partial charge in [-0.25, -0.2) is 4.98 Å². The highest BCUT2D eigenvalue weighted by Gasteiger charge is 2.25. The summed E-state index contributed by atoms with van der Waals surface area (Å²) >= 11 is 0. The summed E-state index contributed by atoms with van der Waals surface area (Å²) in [4.78, 5) is 30.7. The van der Waals surface area contributed by atoms with E-state index in [4.69, 9.17) is 0 Å². The van der Waals surface area contributed by atoms with Crippen molar-refractivity contribution in [2.75, 3.05) is 13.1 Å². The van der Waals surface area contributed by atoms with Gasteiger partial charge < -0.3 is 15.0 Å². The third-order valence-electron chi connectivity index (χ3n) is 4.90. The number of carbonyl (C=O) groups excluding carboxylic acids is 1. The van der Waals surface area contributed by atoms with Gasteiger partial charge in [-0.1, -0.05) is 0 Å². The van der Waals surface area contributed by atoms with Gasteiger partial charge >= 0.3 is 0 Å². The van der Waals surface area contributed by atoms with Crippen molar-refractivity contribution in [2.24, 2.45) is 0 Å². The number of aromatic amines is 1. The van der Waals surface area contributed by atoms with Gasteiger partial charge in [0.05, 0.1) is 17.4 Å². The molecule has 0 saturated carbocycles. The number of aryl methyl sites for hydroxylation is 2. The maximum Gasteiger partial charge on any atom is 0.255 e. The summed E-state index contributed by atoms with van der Waals surface area (Å²) in [6.45, 7) is 4.87. The normalized spacial score (nSPS) is 16.7. The lowest BCUT2D eigenvalue weighted by Crippen LogP contribution is -2.29. The number of aliphatic hydroxyl groups excluding tert-OH is 1. The van der Waals surface area contributed by atoms with Crippen molar-refractivity contribution < 1.29 is 9.90 Å².